The zero-order chi connectivity index (χ0) is 16.3. The van der Waals surface area contributed by atoms with Crippen LogP contribution >= 0.6 is 0 Å². The van der Waals surface area contributed by atoms with Gasteiger partial charge in [0.1, 0.15) is 11.2 Å². The average molecular weight is 312 g/mol. The standard InChI is InChI=1S/C20H13BO3/c22-21(23)16-11-10-14-13-6-1-4-12-5-2-8-17(19(12)13)24-18-9-3-7-15(16)20(14)18/h1-11,22-23H. The lowest BCUT2D eigenvalue weighted by Gasteiger charge is -2.08. The maximum atomic E-state index is 9.71. The third-order valence-electron chi connectivity index (χ3n) is 4.69. The van der Waals surface area contributed by atoms with E-state index >= 15 is 0 Å². The Labute approximate surface area is 137 Å². The molecular formula is C20H13BO3. The molecule has 0 bridgehead atoms. The normalized spacial score (nSPS) is 11.8. The molecule has 0 aliphatic carbocycles. The van der Waals surface area contributed by atoms with Crippen molar-refractivity contribution < 1.29 is 14.5 Å². The highest BCUT2D eigenvalue weighted by Gasteiger charge is 2.18. The monoisotopic (exact) mass is 312 g/mol. The fraction of sp³-hybridized carbons (Fsp3) is 0. The van der Waals surface area contributed by atoms with Gasteiger partial charge in [0, 0.05) is 10.8 Å². The van der Waals surface area contributed by atoms with Gasteiger partial charge in [-0.25, -0.2) is 0 Å². The van der Waals surface area contributed by atoms with Gasteiger partial charge in [0.2, 0.25) is 0 Å². The minimum atomic E-state index is -1.52. The Balaban J connectivity index is 2.18. The Kier molecular flexibility index (Phi) is 2.74. The molecule has 0 aliphatic heterocycles. The molecule has 4 aromatic carbocycles. The molecule has 5 rings (SSSR count). The topological polar surface area (TPSA) is 53.6 Å². The van der Waals surface area contributed by atoms with Gasteiger partial charge in [0.05, 0.1) is 0 Å². The summed E-state index contributed by atoms with van der Waals surface area (Å²) >= 11 is 0. The van der Waals surface area contributed by atoms with Gasteiger partial charge in [0.15, 0.2) is 0 Å². The third-order valence-corrected chi connectivity index (χ3v) is 4.69. The summed E-state index contributed by atoms with van der Waals surface area (Å²) in [6.45, 7) is 0. The summed E-state index contributed by atoms with van der Waals surface area (Å²) in [5.41, 5.74) is 2.03. The quantitative estimate of drug-likeness (QED) is 0.465. The molecule has 2 N–H and O–H groups in total. The number of rotatable bonds is 1. The Morgan fingerprint density at radius 3 is 2.04 bits per heavy atom. The van der Waals surface area contributed by atoms with Crippen molar-refractivity contribution in [2.75, 3.05) is 0 Å². The van der Waals surface area contributed by atoms with Crippen LogP contribution in [0.1, 0.15) is 0 Å². The van der Waals surface area contributed by atoms with Crippen LogP contribution in [0, 0.1) is 0 Å². The van der Waals surface area contributed by atoms with Crippen LogP contribution in [0.25, 0.3) is 43.5 Å². The molecule has 24 heavy (non-hydrogen) atoms. The zero-order valence-electron chi connectivity index (χ0n) is 12.7. The number of fused-ring (bicyclic) bond motifs is 1. The van der Waals surface area contributed by atoms with Gasteiger partial charge >= 0.3 is 7.12 Å². The lowest BCUT2D eigenvalue weighted by atomic mass is 9.76. The van der Waals surface area contributed by atoms with Crippen LogP contribution in [-0.4, -0.2) is 17.2 Å². The minimum Gasteiger partial charge on any atom is -0.456 e. The summed E-state index contributed by atoms with van der Waals surface area (Å²) in [6.07, 6.45) is 0. The van der Waals surface area contributed by atoms with Crippen LogP contribution in [-0.2, 0) is 0 Å². The van der Waals surface area contributed by atoms with Gasteiger partial charge in [-0.3, -0.25) is 0 Å². The summed E-state index contributed by atoms with van der Waals surface area (Å²) in [7, 11) is -1.52. The smallest absolute Gasteiger partial charge is 0.456 e. The van der Waals surface area contributed by atoms with Crippen molar-refractivity contribution >= 4 is 56.1 Å². The second-order valence-corrected chi connectivity index (χ2v) is 6.02. The van der Waals surface area contributed by atoms with Crippen molar-refractivity contribution in [2.45, 2.75) is 0 Å². The molecule has 0 spiro atoms. The predicted octanol–water partition coefficient (Wildman–Crippen LogP) is 3.57. The van der Waals surface area contributed by atoms with E-state index in [1.807, 2.05) is 42.5 Å². The average Bonchev–Trinajstić information content (AvgIpc) is 2.73. The lowest BCUT2D eigenvalue weighted by molar-refractivity contribution is 0.426. The van der Waals surface area contributed by atoms with Crippen molar-refractivity contribution in [3.8, 4) is 0 Å². The van der Waals surface area contributed by atoms with Gasteiger partial charge in [-0.15, -0.1) is 0 Å². The minimum absolute atomic E-state index is 0.484. The molecule has 1 heterocycles. The maximum Gasteiger partial charge on any atom is 0.489 e. The molecule has 5 aromatic rings. The summed E-state index contributed by atoms with van der Waals surface area (Å²) < 4.78 is 6.22. The first-order valence-electron chi connectivity index (χ1n) is 7.86. The summed E-state index contributed by atoms with van der Waals surface area (Å²) in [5, 5.41) is 25.5. The highest BCUT2D eigenvalue weighted by Crippen LogP contribution is 2.35. The van der Waals surface area contributed by atoms with Crippen LogP contribution in [0.3, 0.4) is 0 Å². The zero-order valence-corrected chi connectivity index (χ0v) is 12.7. The Hall–Kier alpha value is -2.82. The Morgan fingerprint density at radius 2 is 1.25 bits per heavy atom. The van der Waals surface area contributed by atoms with Crippen molar-refractivity contribution in [2.24, 2.45) is 0 Å². The highest BCUT2D eigenvalue weighted by atomic mass is 16.4. The number of benzene rings is 4. The molecule has 0 radical (unpaired) electrons. The van der Waals surface area contributed by atoms with E-state index in [-0.39, 0.29) is 0 Å². The van der Waals surface area contributed by atoms with Crippen LogP contribution in [0.15, 0.2) is 71.1 Å². The van der Waals surface area contributed by atoms with E-state index in [1.54, 1.807) is 6.07 Å². The molecule has 3 nitrogen and oxygen atoms in total. The summed E-state index contributed by atoms with van der Waals surface area (Å²) in [5.74, 6) is 0. The first kappa shape index (κ1) is 13.6. The van der Waals surface area contributed by atoms with Gasteiger partial charge in [0.25, 0.3) is 0 Å². The van der Waals surface area contributed by atoms with Crippen molar-refractivity contribution in [1.82, 2.24) is 0 Å². The summed E-state index contributed by atoms with van der Waals surface area (Å²) in [4.78, 5) is 0. The molecule has 114 valence electrons. The van der Waals surface area contributed by atoms with E-state index in [1.165, 1.54) is 0 Å². The molecule has 0 aliphatic rings. The van der Waals surface area contributed by atoms with E-state index in [9.17, 15) is 10.0 Å². The second-order valence-electron chi connectivity index (χ2n) is 6.02. The number of hydrogen-bond donors (Lipinski definition) is 2. The molecule has 1 aromatic heterocycles. The van der Waals surface area contributed by atoms with Crippen LogP contribution < -0.4 is 5.46 Å². The Morgan fingerprint density at radius 1 is 0.625 bits per heavy atom. The highest BCUT2D eigenvalue weighted by molar-refractivity contribution is 6.62. The third kappa shape index (κ3) is 1.75. The molecule has 0 unspecified atom stereocenters. The van der Waals surface area contributed by atoms with Crippen molar-refractivity contribution in [1.29, 1.82) is 0 Å². The first-order valence-corrected chi connectivity index (χ1v) is 7.86. The van der Waals surface area contributed by atoms with Gasteiger partial charge < -0.3 is 14.5 Å². The van der Waals surface area contributed by atoms with E-state index < -0.39 is 7.12 Å². The fourth-order valence-electron chi connectivity index (χ4n) is 3.66. The molecule has 0 amide bonds. The Bertz CT molecular complexity index is 1230. The lowest BCUT2D eigenvalue weighted by Crippen LogP contribution is -2.30. The van der Waals surface area contributed by atoms with Gasteiger partial charge in [-0.05, 0) is 39.1 Å². The van der Waals surface area contributed by atoms with E-state index in [4.69, 9.17) is 4.42 Å². The number of hydrogen-bond acceptors (Lipinski definition) is 3. The molecule has 0 atom stereocenters. The first-order chi connectivity index (χ1) is 11.7. The van der Waals surface area contributed by atoms with Gasteiger partial charge in [-0.2, -0.15) is 0 Å². The van der Waals surface area contributed by atoms with Crippen LogP contribution in [0.5, 0.6) is 0 Å². The molecule has 4 heteroatoms. The largest absolute Gasteiger partial charge is 0.489 e. The fourth-order valence-corrected chi connectivity index (χ4v) is 3.66. The van der Waals surface area contributed by atoms with E-state index in [0.717, 1.165) is 43.5 Å². The van der Waals surface area contributed by atoms with Crippen LogP contribution in [0.2, 0.25) is 0 Å². The molecular weight excluding hydrogens is 299 g/mol. The summed E-state index contributed by atoms with van der Waals surface area (Å²) in [6, 6.07) is 21.6. The molecule has 0 fully saturated rings. The predicted molar refractivity (Wildman–Crippen MR) is 98.6 cm³/mol. The van der Waals surface area contributed by atoms with Crippen LogP contribution in [0.4, 0.5) is 0 Å². The van der Waals surface area contributed by atoms with E-state index in [0.29, 0.717) is 5.46 Å². The molecule has 0 saturated heterocycles. The van der Waals surface area contributed by atoms with Gasteiger partial charge in [-0.1, -0.05) is 54.6 Å². The SMILES string of the molecule is OB(O)c1ccc2c3cccc4cccc(oc5cccc1c52)c43. The maximum absolute atomic E-state index is 9.71. The van der Waals surface area contributed by atoms with Crippen molar-refractivity contribution in [3.05, 3.63) is 66.7 Å². The second kappa shape index (κ2) is 4.84. The molecule has 0 saturated carbocycles. The van der Waals surface area contributed by atoms with Crippen molar-refractivity contribution in [3.63, 3.8) is 0 Å². The van der Waals surface area contributed by atoms with E-state index in [2.05, 4.69) is 18.2 Å².